The molecular weight excluding hydrogens is 448 g/mol. The molecule has 0 aliphatic carbocycles. The third-order valence-electron chi connectivity index (χ3n) is 4.13. The van der Waals surface area contributed by atoms with Crippen LogP contribution in [-0.2, 0) is 0 Å². The summed E-state index contributed by atoms with van der Waals surface area (Å²) in [5, 5.41) is 15.0. The first-order valence-electron chi connectivity index (χ1n) is 8.87. The predicted octanol–water partition coefficient (Wildman–Crippen LogP) is 5.77. The van der Waals surface area contributed by atoms with Crippen molar-refractivity contribution >= 4 is 55.2 Å². The van der Waals surface area contributed by atoms with E-state index in [1.807, 2.05) is 55.5 Å². The van der Waals surface area contributed by atoms with E-state index in [2.05, 4.69) is 31.4 Å². The number of para-hydroxylation sites is 1. The van der Waals surface area contributed by atoms with Gasteiger partial charge in [-0.05, 0) is 49.4 Å². The molecule has 0 radical (unpaired) electrons. The second-order valence-corrected chi connectivity index (χ2v) is 8.30. The number of nitrogens with one attached hydrogen (secondary N) is 1. The van der Waals surface area contributed by atoms with Gasteiger partial charge in [-0.1, -0.05) is 45.8 Å². The summed E-state index contributed by atoms with van der Waals surface area (Å²) in [6.07, 6.45) is 1.55. The van der Waals surface area contributed by atoms with Crippen LogP contribution in [0.4, 0.5) is 5.69 Å². The third-order valence-corrected chi connectivity index (χ3v) is 5.67. The summed E-state index contributed by atoms with van der Waals surface area (Å²) in [7, 11) is 0. The summed E-state index contributed by atoms with van der Waals surface area (Å²) in [4.78, 5) is 9.38. The van der Waals surface area contributed by atoms with E-state index in [1.54, 1.807) is 35.8 Å². The number of thiazole rings is 1. The molecule has 0 unspecified atom stereocenters. The SMILES string of the molecule is Cc1ccc(N=C(NN=Cc2cc(Br)ccc2O)c2nc3ccccc3s2)cc1. The number of amidine groups is 1. The Balaban J connectivity index is 1.68. The molecule has 1 heterocycles. The lowest BCUT2D eigenvalue weighted by Crippen LogP contribution is -2.18. The van der Waals surface area contributed by atoms with Gasteiger partial charge in [0.05, 0.1) is 22.1 Å². The van der Waals surface area contributed by atoms with Crippen molar-refractivity contribution in [3.8, 4) is 5.75 Å². The summed E-state index contributed by atoms with van der Waals surface area (Å²) in [6, 6.07) is 21.1. The highest BCUT2D eigenvalue weighted by molar-refractivity contribution is 9.10. The Morgan fingerprint density at radius 3 is 2.69 bits per heavy atom. The van der Waals surface area contributed by atoms with Gasteiger partial charge in [-0.15, -0.1) is 11.3 Å². The smallest absolute Gasteiger partial charge is 0.183 e. The second-order valence-electron chi connectivity index (χ2n) is 6.36. The third kappa shape index (κ3) is 4.70. The zero-order chi connectivity index (χ0) is 20.2. The molecule has 0 atom stereocenters. The molecule has 0 aliphatic rings. The van der Waals surface area contributed by atoms with Crippen LogP contribution in [0.1, 0.15) is 16.1 Å². The molecule has 0 amide bonds. The molecule has 3 aromatic carbocycles. The lowest BCUT2D eigenvalue weighted by molar-refractivity contribution is 0.474. The van der Waals surface area contributed by atoms with Crippen molar-refractivity contribution in [1.29, 1.82) is 0 Å². The fourth-order valence-corrected chi connectivity index (χ4v) is 3.92. The van der Waals surface area contributed by atoms with Crippen LogP contribution >= 0.6 is 27.3 Å². The Morgan fingerprint density at radius 2 is 1.90 bits per heavy atom. The van der Waals surface area contributed by atoms with Crippen LogP contribution in [0.25, 0.3) is 10.2 Å². The molecule has 1 aromatic heterocycles. The lowest BCUT2D eigenvalue weighted by atomic mass is 10.2. The van der Waals surface area contributed by atoms with Gasteiger partial charge in [0.15, 0.2) is 10.8 Å². The van der Waals surface area contributed by atoms with E-state index in [9.17, 15) is 5.11 Å². The van der Waals surface area contributed by atoms with Gasteiger partial charge >= 0.3 is 0 Å². The molecule has 0 aliphatic heterocycles. The average Bonchev–Trinajstić information content (AvgIpc) is 3.15. The molecule has 7 heteroatoms. The Labute approximate surface area is 180 Å². The maximum absolute atomic E-state index is 9.99. The van der Waals surface area contributed by atoms with Gasteiger partial charge in [-0.3, -0.25) is 5.43 Å². The first-order valence-corrected chi connectivity index (χ1v) is 10.5. The lowest BCUT2D eigenvalue weighted by Gasteiger charge is -2.04. The van der Waals surface area contributed by atoms with E-state index < -0.39 is 0 Å². The molecule has 0 saturated carbocycles. The van der Waals surface area contributed by atoms with E-state index in [4.69, 9.17) is 4.99 Å². The van der Waals surface area contributed by atoms with Crippen molar-refractivity contribution < 1.29 is 5.11 Å². The molecule has 0 fully saturated rings. The van der Waals surface area contributed by atoms with E-state index >= 15 is 0 Å². The summed E-state index contributed by atoms with van der Waals surface area (Å²) < 4.78 is 1.94. The number of hydrogen-bond donors (Lipinski definition) is 2. The number of phenolic OH excluding ortho intramolecular Hbond substituents is 1. The van der Waals surface area contributed by atoms with Gasteiger partial charge in [0.2, 0.25) is 0 Å². The van der Waals surface area contributed by atoms with Crippen molar-refractivity contribution in [1.82, 2.24) is 10.4 Å². The molecule has 4 rings (SSSR count). The predicted molar refractivity (Wildman–Crippen MR) is 124 cm³/mol. The highest BCUT2D eigenvalue weighted by Crippen LogP contribution is 2.24. The van der Waals surface area contributed by atoms with Crippen LogP contribution in [0.15, 0.2) is 81.3 Å². The topological polar surface area (TPSA) is 69.9 Å². The van der Waals surface area contributed by atoms with Gasteiger partial charge < -0.3 is 5.11 Å². The van der Waals surface area contributed by atoms with Crippen LogP contribution in [-0.4, -0.2) is 22.1 Å². The molecule has 0 bridgehead atoms. The van der Waals surface area contributed by atoms with E-state index in [0.717, 1.165) is 25.4 Å². The second kappa shape index (κ2) is 8.55. The minimum absolute atomic E-state index is 0.149. The molecule has 4 aromatic rings. The molecule has 5 nitrogen and oxygen atoms in total. The number of phenols is 1. The van der Waals surface area contributed by atoms with Crippen molar-refractivity contribution in [3.05, 3.63) is 87.3 Å². The summed E-state index contributed by atoms with van der Waals surface area (Å²) in [5.74, 6) is 0.691. The van der Waals surface area contributed by atoms with Crippen LogP contribution in [0.3, 0.4) is 0 Å². The van der Waals surface area contributed by atoms with E-state index in [0.29, 0.717) is 11.4 Å². The van der Waals surface area contributed by atoms with Crippen LogP contribution in [0.5, 0.6) is 5.75 Å². The number of aliphatic imine (C=N–C) groups is 1. The van der Waals surface area contributed by atoms with Gasteiger partial charge in [-0.2, -0.15) is 5.10 Å². The number of nitrogens with zero attached hydrogens (tertiary/aromatic N) is 3. The van der Waals surface area contributed by atoms with Gasteiger partial charge in [0.25, 0.3) is 0 Å². The van der Waals surface area contributed by atoms with Crippen LogP contribution in [0.2, 0.25) is 0 Å². The van der Waals surface area contributed by atoms with E-state index in [-0.39, 0.29) is 5.75 Å². The number of benzene rings is 3. The highest BCUT2D eigenvalue weighted by atomic mass is 79.9. The largest absolute Gasteiger partial charge is 0.507 e. The van der Waals surface area contributed by atoms with E-state index in [1.165, 1.54) is 5.56 Å². The number of halogens is 1. The number of aryl methyl sites for hydroxylation is 1. The van der Waals surface area contributed by atoms with Crippen molar-refractivity contribution in [2.24, 2.45) is 10.1 Å². The molecule has 29 heavy (non-hydrogen) atoms. The van der Waals surface area contributed by atoms with Crippen molar-refractivity contribution in [3.63, 3.8) is 0 Å². The number of aromatic hydroxyl groups is 1. The maximum atomic E-state index is 9.99. The fraction of sp³-hybridized carbons (Fsp3) is 0.0455. The fourth-order valence-electron chi connectivity index (χ4n) is 2.63. The quantitative estimate of drug-likeness (QED) is 0.228. The number of hydrogen-bond acceptors (Lipinski definition) is 5. The Hall–Kier alpha value is -3.03. The number of hydrazone groups is 1. The van der Waals surface area contributed by atoms with Gasteiger partial charge in [-0.25, -0.2) is 9.98 Å². The molecule has 0 spiro atoms. The average molecular weight is 465 g/mol. The van der Waals surface area contributed by atoms with Crippen molar-refractivity contribution in [2.75, 3.05) is 0 Å². The number of fused-ring (bicyclic) bond motifs is 1. The van der Waals surface area contributed by atoms with Gasteiger partial charge in [0.1, 0.15) is 5.75 Å². The summed E-state index contributed by atoms with van der Waals surface area (Å²) in [6.45, 7) is 2.04. The van der Waals surface area contributed by atoms with Crippen molar-refractivity contribution in [2.45, 2.75) is 6.92 Å². The zero-order valence-corrected chi connectivity index (χ0v) is 17.9. The summed E-state index contributed by atoms with van der Waals surface area (Å²) >= 11 is 4.94. The summed E-state index contributed by atoms with van der Waals surface area (Å²) in [5.41, 5.74) is 6.47. The molecule has 2 N–H and O–H groups in total. The number of aromatic nitrogens is 1. The first kappa shape index (κ1) is 19.3. The Bertz CT molecular complexity index is 1180. The first-order chi connectivity index (χ1) is 14.1. The minimum Gasteiger partial charge on any atom is -0.507 e. The Kier molecular flexibility index (Phi) is 5.69. The normalized spacial score (nSPS) is 12.0. The molecular formula is C22H17BrN4OS. The molecule has 144 valence electrons. The minimum atomic E-state index is 0.149. The monoisotopic (exact) mass is 464 g/mol. The maximum Gasteiger partial charge on any atom is 0.183 e. The number of rotatable bonds is 4. The zero-order valence-electron chi connectivity index (χ0n) is 15.5. The van der Waals surface area contributed by atoms with Crippen LogP contribution in [0, 0.1) is 6.92 Å². The Morgan fingerprint density at radius 1 is 1.10 bits per heavy atom. The van der Waals surface area contributed by atoms with Gasteiger partial charge in [0, 0.05) is 10.0 Å². The molecule has 0 saturated heterocycles. The standard InChI is InChI=1S/C22H17BrN4OS/c1-14-6-9-17(10-7-14)25-21(22-26-18-4-2-3-5-20(18)29-22)27-24-13-15-12-16(23)8-11-19(15)28/h2-13,28H,1H3,(H,25,27). The van der Waals surface area contributed by atoms with Crippen LogP contribution < -0.4 is 5.43 Å². The highest BCUT2D eigenvalue weighted by Gasteiger charge is 2.10.